The molecule has 7 nitrogen and oxygen atoms in total. The lowest BCUT2D eigenvalue weighted by atomic mass is 10.4. The van der Waals surface area contributed by atoms with E-state index >= 15 is 0 Å². The van der Waals surface area contributed by atoms with Crippen LogP contribution < -0.4 is 10.1 Å². The molecule has 0 aliphatic heterocycles. The van der Waals surface area contributed by atoms with E-state index in [0.29, 0.717) is 34.9 Å². The second-order valence-electron chi connectivity index (χ2n) is 4.12. The smallest absolute Gasteiger partial charge is 0.232 e. The monoisotopic (exact) mass is 292 g/mol. The van der Waals surface area contributed by atoms with E-state index in [0.717, 1.165) is 5.39 Å². The van der Waals surface area contributed by atoms with Gasteiger partial charge in [0.2, 0.25) is 11.8 Å². The standard InChI is InChI=1S/C12H13ClN6O/c1-3-20-11-7-4-5-14-10(7)17-12(18-11)16-8-6-15-19(2)9(8)13/h4-6H,3H2,1-2H3,(H2,14,16,17,18). The van der Waals surface area contributed by atoms with Gasteiger partial charge in [0.05, 0.1) is 23.9 Å². The average Bonchev–Trinajstić information content (AvgIpc) is 3.01. The van der Waals surface area contributed by atoms with Crippen LogP contribution >= 0.6 is 11.6 Å². The molecule has 0 saturated heterocycles. The Kier molecular flexibility index (Phi) is 3.19. The Morgan fingerprint density at radius 1 is 1.45 bits per heavy atom. The van der Waals surface area contributed by atoms with Crippen molar-refractivity contribution in [2.45, 2.75) is 6.92 Å². The van der Waals surface area contributed by atoms with Crippen molar-refractivity contribution in [3.63, 3.8) is 0 Å². The van der Waals surface area contributed by atoms with Gasteiger partial charge in [0, 0.05) is 13.2 Å². The zero-order valence-corrected chi connectivity index (χ0v) is 11.8. The normalized spacial score (nSPS) is 10.9. The number of ether oxygens (including phenoxy) is 1. The van der Waals surface area contributed by atoms with Crippen molar-refractivity contribution in [1.82, 2.24) is 24.7 Å². The van der Waals surface area contributed by atoms with Gasteiger partial charge in [-0.2, -0.15) is 15.1 Å². The number of anilines is 2. The molecule has 2 N–H and O–H groups in total. The van der Waals surface area contributed by atoms with Crippen LogP contribution in [0.3, 0.4) is 0 Å². The maximum absolute atomic E-state index is 6.10. The Morgan fingerprint density at radius 2 is 2.30 bits per heavy atom. The van der Waals surface area contributed by atoms with Gasteiger partial charge in [0.25, 0.3) is 0 Å². The van der Waals surface area contributed by atoms with Crippen LogP contribution in [0.5, 0.6) is 5.88 Å². The molecule has 104 valence electrons. The number of H-pyrrole nitrogens is 1. The van der Waals surface area contributed by atoms with E-state index in [4.69, 9.17) is 16.3 Å². The molecule has 0 unspecified atom stereocenters. The van der Waals surface area contributed by atoms with Crippen molar-refractivity contribution in [2.75, 3.05) is 11.9 Å². The zero-order valence-electron chi connectivity index (χ0n) is 11.0. The van der Waals surface area contributed by atoms with E-state index in [2.05, 4.69) is 25.4 Å². The number of hydrogen-bond donors (Lipinski definition) is 2. The number of nitrogens with zero attached hydrogens (tertiary/aromatic N) is 4. The largest absolute Gasteiger partial charge is 0.477 e. The molecule has 3 aromatic rings. The molecule has 0 bridgehead atoms. The summed E-state index contributed by atoms with van der Waals surface area (Å²) in [6, 6.07) is 1.88. The van der Waals surface area contributed by atoms with Gasteiger partial charge in [-0.1, -0.05) is 11.6 Å². The Hall–Kier alpha value is -2.28. The summed E-state index contributed by atoms with van der Waals surface area (Å²) in [6.07, 6.45) is 3.41. The molecule has 0 atom stereocenters. The quantitative estimate of drug-likeness (QED) is 0.772. The minimum Gasteiger partial charge on any atom is -0.477 e. The fraction of sp³-hybridized carbons (Fsp3) is 0.250. The first kappa shape index (κ1) is 12.7. The van der Waals surface area contributed by atoms with E-state index in [1.54, 1.807) is 24.1 Å². The minimum atomic E-state index is 0.401. The number of aromatic amines is 1. The van der Waals surface area contributed by atoms with Crippen LogP contribution in [0.2, 0.25) is 5.15 Å². The van der Waals surface area contributed by atoms with Crippen LogP contribution in [-0.4, -0.2) is 31.3 Å². The summed E-state index contributed by atoms with van der Waals surface area (Å²) < 4.78 is 7.08. The van der Waals surface area contributed by atoms with Crippen LogP contribution in [0.4, 0.5) is 11.6 Å². The highest BCUT2D eigenvalue weighted by atomic mass is 35.5. The van der Waals surface area contributed by atoms with Gasteiger partial charge in [-0.25, -0.2) is 0 Å². The molecule has 0 saturated carbocycles. The van der Waals surface area contributed by atoms with E-state index in [-0.39, 0.29) is 0 Å². The first-order valence-corrected chi connectivity index (χ1v) is 6.49. The second kappa shape index (κ2) is 5.01. The van der Waals surface area contributed by atoms with E-state index in [1.165, 1.54) is 0 Å². The number of halogens is 1. The number of aromatic nitrogens is 5. The third-order valence-corrected chi connectivity index (χ3v) is 3.22. The van der Waals surface area contributed by atoms with Crippen molar-refractivity contribution in [3.05, 3.63) is 23.6 Å². The van der Waals surface area contributed by atoms with Gasteiger partial charge in [0.15, 0.2) is 0 Å². The Balaban J connectivity index is 2.01. The van der Waals surface area contributed by atoms with Crippen LogP contribution in [0.15, 0.2) is 18.5 Å². The zero-order chi connectivity index (χ0) is 14.1. The summed E-state index contributed by atoms with van der Waals surface area (Å²) in [5.41, 5.74) is 1.34. The summed E-state index contributed by atoms with van der Waals surface area (Å²) in [5, 5.41) is 8.41. The predicted octanol–water partition coefficient (Wildman–Crippen LogP) is 2.49. The fourth-order valence-electron chi connectivity index (χ4n) is 1.84. The average molecular weight is 293 g/mol. The molecule has 0 aliphatic rings. The highest BCUT2D eigenvalue weighted by molar-refractivity contribution is 6.32. The number of nitrogens with one attached hydrogen (secondary N) is 2. The summed E-state index contributed by atoms with van der Waals surface area (Å²) in [4.78, 5) is 11.8. The highest BCUT2D eigenvalue weighted by Gasteiger charge is 2.12. The molecular formula is C12H13ClN6O. The molecule has 0 fully saturated rings. The molecule has 0 aromatic carbocycles. The van der Waals surface area contributed by atoms with Crippen LogP contribution in [0.25, 0.3) is 11.0 Å². The van der Waals surface area contributed by atoms with Gasteiger partial charge in [-0.15, -0.1) is 0 Å². The van der Waals surface area contributed by atoms with Gasteiger partial charge in [-0.3, -0.25) is 4.68 Å². The SMILES string of the molecule is CCOc1nc(Nc2cnn(C)c2Cl)nc2[nH]ccc12. The lowest BCUT2D eigenvalue weighted by molar-refractivity contribution is 0.331. The molecule has 3 rings (SSSR count). The van der Waals surface area contributed by atoms with Crippen molar-refractivity contribution >= 4 is 34.3 Å². The summed E-state index contributed by atoms with van der Waals surface area (Å²) in [6.45, 7) is 2.44. The molecule has 8 heteroatoms. The van der Waals surface area contributed by atoms with E-state index in [1.807, 2.05) is 13.0 Å². The molecule has 20 heavy (non-hydrogen) atoms. The molecule has 0 aliphatic carbocycles. The number of hydrogen-bond acceptors (Lipinski definition) is 5. The maximum Gasteiger partial charge on any atom is 0.232 e. The number of aryl methyl sites for hydroxylation is 1. The maximum atomic E-state index is 6.10. The third kappa shape index (κ3) is 2.16. The van der Waals surface area contributed by atoms with Crippen molar-refractivity contribution < 1.29 is 4.74 Å². The molecule has 0 radical (unpaired) electrons. The second-order valence-corrected chi connectivity index (χ2v) is 4.48. The Bertz CT molecular complexity index is 750. The lowest BCUT2D eigenvalue weighted by Gasteiger charge is -2.07. The Labute approximate surface area is 119 Å². The van der Waals surface area contributed by atoms with Crippen LogP contribution in [0.1, 0.15) is 6.92 Å². The molecule has 3 aromatic heterocycles. The number of fused-ring (bicyclic) bond motifs is 1. The summed E-state index contributed by atoms with van der Waals surface area (Å²) in [7, 11) is 1.76. The third-order valence-electron chi connectivity index (χ3n) is 2.77. The minimum absolute atomic E-state index is 0.401. The number of rotatable bonds is 4. The van der Waals surface area contributed by atoms with Crippen molar-refractivity contribution in [2.24, 2.45) is 7.05 Å². The highest BCUT2D eigenvalue weighted by Crippen LogP contribution is 2.27. The van der Waals surface area contributed by atoms with Gasteiger partial charge in [-0.05, 0) is 13.0 Å². The van der Waals surface area contributed by atoms with E-state index < -0.39 is 0 Å². The molecule has 0 spiro atoms. The Morgan fingerprint density at radius 3 is 3.00 bits per heavy atom. The van der Waals surface area contributed by atoms with Gasteiger partial charge < -0.3 is 15.0 Å². The molecule has 3 heterocycles. The van der Waals surface area contributed by atoms with E-state index in [9.17, 15) is 0 Å². The first-order chi connectivity index (χ1) is 9.69. The van der Waals surface area contributed by atoms with Gasteiger partial charge in [0.1, 0.15) is 10.8 Å². The van der Waals surface area contributed by atoms with Crippen molar-refractivity contribution in [3.8, 4) is 5.88 Å². The van der Waals surface area contributed by atoms with Crippen LogP contribution in [0, 0.1) is 0 Å². The van der Waals surface area contributed by atoms with Gasteiger partial charge >= 0.3 is 0 Å². The van der Waals surface area contributed by atoms with Crippen molar-refractivity contribution in [1.29, 1.82) is 0 Å². The predicted molar refractivity (Wildman–Crippen MR) is 76.6 cm³/mol. The van der Waals surface area contributed by atoms with Crippen LogP contribution in [-0.2, 0) is 7.05 Å². The fourth-order valence-corrected chi connectivity index (χ4v) is 1.98. The lowest BCUT2D eigenvalue weighted by Crippen LogP contribution is -2.02. The summed E-state index contributed by atoms with van der Waals surface area (Å²) >= 11 is 6.10. The first-order valence-electron chi connectivity index (χ1n) is 6.11. The molecular weight excluding hydrogens is 280 g/mol. The summed E-state index contributed by atoms with van der Waals surface area (Å²) in [5.74, 6) is 0.930. The topological polar surface area (TPSA) is 80.7 Å². The molecule has 0 amide bonds.